The van der Waals surface area contributed by atoms with E-state index in [1.807, 2.05) is 43.3 Å². The number of carboxylic acid groups (broad SMARTS) is 1. The molecule has 3 aromatic carbocycles. The minimum absolute atomic E-state index is 0.0432. The van der Waals surface area contributed by atoms with E-state index in [2.05, 4.69) is 41.5 Å². The fourth-order valence-electron chi connectivity index (χ4n) is 7.07. The number of Topliss-reactive ketones (excluding diaryl/α,β-unsaturated/α-hetero) is 1. The van der Waals surface area contributed by atoms with E-state index in [-0.39, 0.29) is 18.6 Å². The molecule has 0 radical (unpaired) electrons. The zero-order chi connectivity index (χ0) is 38.0. The van der Waals surface area contributed by atoms with Crippen molar-refractivity contribution < 1.29 is 33.7 Å². The molecule has 1 heterocycles. The predicted molar refractivity (Wildman–Crippen MR) is 208 cm³/mol. The second kappa shape index (κ2) is 18.8. The van der Waals surface area contributed by atoms with Gasteiger partial charge >= 0.3 is 11.9 Å². The van der Waals surface area contributed by atoms with Crippen molar-refractivity contribution in [2.75, 3.05) is 6.61 Å². The molecule has 8 heteroatoms. The van der Waals surface area contributed by atoms with Crippen LogP contribution in [0.4, 0.5) is 0 Å². The van der Waals surface area contributed by atoms with E-state index in [0.717, 1.165) is 53.5 Å². The topological polar surface area (TPSA) is 99.1 Å². The summed E-state index contributed by atoms with van der Waals surface area (Å²) in [5.74, 6) is 1.32. The van der Waals surface area contributed by atoms with Gasteiger partial charge in [-0.15, -0.1) is 11.6 Å². The number of hydrogen-bond donors (Lipinski definition) is 1. The van der Waals surface area contributed by atoms with Crippen LogP contribution >= 0.6 is 11.6 Å². The van der Waals surface area contributed by atoms with Crippen LogP contribution in [-0.2, 0) is 30.5 Å². The molecule has 52 heavy (non-hydrogen) atoms. The molecule has 0 saturated carbocycles. The Bertz CT molecular complexity index is 1680. The van der Waals surface area contributed by atoms with Gasteiger partial charge in [-0.3, -0.25) is 9.59 Å². The van der Waals surface area contributed by atoms with E-state index in [9.17, 15) is 14.4 Å². The number of halogens is 1. The van der Waals surface area contributed by atoms with E-state index >= 15 is 0 Å². The zero-order valence-electron chi connectivity index (χ0n) is 32.1. The average molecular weight is 733 g/mol. The van der Waals surface area contributed by atoms with E-state index in [0.29, 0.717) is 78.9 Å². The van der Waals surface area contributed by atoms with E-state index in [1.54, 1.807) is 12.1 Å². The first-order chi connectivity index (χ1) is 24.8. The van der Waals surface area contributed by atoms with Gasteiger partial charge in [0, 0.05) is 16.7 Å². The highest BCUT2D eigenvalue weighted by atomic mass is 35.5. The summed E-state index contributed by atoms with van der Waals surface area (Å²) in [7, 11) is 0. The van der Waals surface area contributed by atoms with Crippen LogP contribution < -0.4 is 14.2 Å². The summed E-state index contributed by atoms with van der Waals surface area (Å²) in [6, 6.07) is 14.7. The van der Waals surface area contributed by atoms with Gasteiger partial charge < -0.3 is 19.3 Å². The van der Waals surface area contributed by atoms with Crippen molar-refractivity contribution >= 4 is 29.3 Å². The van der Waals surface area contributed by atoms with Crippen LogP contribution in [0.15, 0.2) is 48.5 Å². The van der Waals surface area contributed by atoms with Crippen molar-refractivity contribution in [3.63, 3.8) is 0 Å². The van der Waals surface area contributed by atoms with Gasteiger partial charge in [0.1, 0.15) is 28.2 Å². The molecule has 2 atom stereocenters. The second-order valence-corrected chi connectivity index (χ2v) is 15.7. The average Bonchev–Trinajstić information content (AvgIpc) is 3.09. The highest BCUT2D eigenvalue weighted by Gasteiger charge is 2.43. The van der Waals surface area contributed by atoms with Crippen molar-refractivity contribution in [1.82, 2.24) is 0 Å². The van der Waals surface area contributed by atoms with Crippen molar-refractivity contribution in [3.8, 4) is 17.2 Å². The van der Waals surface area contributed by atoms with Gasteiger partial charge in [-0.25, -0.2) is 4.79 Å². The Morgan fingerprint density at radius 1 is 0.904 bits per heavy atom. The molecule has 4 rings (SSSR count). The molecule has 0 bridgehead atoms. The Labute approximate surface area is 315 Å². The predicted octanol–water partition coefficient (Wildman–Crippen LogP) is 10.6. The molecule has 7 nitrogen and oxygen atoms in total. The lowest BCUT2D eigenvalue weighted by molar-refractivity contribution is -0.136. The summed E-state index contributed by atoms with van der Waals surface area (Å²) in [6.07, 6.45) is 7.11. The molecular weight excluding hydrogens is 676 g/mol. The van der Waals surface area contributed by atoms with Crippen molar-refractivity contribution in [2.24, 2.45) is 11.8 Å². The SMILES string of the molecule is CCCC1(CCCOc2ccc(CC(Cl)C(=O)O)cc2)CC(=O)c2c(CCC(C)C)c(OC(=O)c3ccc(C)cc3)c(CCC(C)C)c(CC)c2O1. The van der Waals surface area contributed by atoms with Crippen LogP contribution in [-0.4, -0.2) is 40.4 Å². The quantitative estimate of drug-likeness (QED) is 0.0567. The summed E-state index contributed by atoms with van der Waals surface area (Å²) in [6.45, 7) is 15.4. The number of esters is 1. The smallest absolute Gasteiger partial charge is 0.343 e. The number of carboxylic acids is 1. The van der Waals surface area contributed by atoms with Crippen LogP contribution in [0.5, 0.6) is 17.2 Å². The van der Waals surface area contributed by atoms with Gasteiger partial charge in [-0.05, 0) is 106 Å². The molecule has 0 spiro atoms. The van der Waals surface area contributed by atoms with Crippen LogP contribution in [0.1, 0.15) is 135 Å². The second-order valence-electron chi connectivity index (χ2n) is 15.2. The van der Waals surface area contributed by atoms with Crippen LogP contribution in [0, 0.1) is 18.8 Å². The Morgan fingerprint density at radius 2 is 1.54 bits per heavy atom. The lowest BCUT2D eigenvalue weighted by Crippen LogP contribution is -2.43. The summed E-state index contributed by atoms with van der Waals surface area (Å²) in [4.78, 5) is 39.4. The summed E-state index contributed by atoms with van der Waals surface area (Å²) in [5, 5.41) is 8.13. The first-order valence-electron chi connectivity index (χ1n) is 19.1. The first-order valence-corrected chi connectivity index (χ1v) is 19.5. The Hall–Kier alpha value is -3.84. The van der Waals surface area contributed by atoms with E-state index in [4.69, 9.17) is 30.9 Å². The molecule has 1 aliphatic rings. The molecular formula is C44H57ClO7. The number of benzene rings is 3. The van der Waals surface area contributed by atoms with Gasteiger partial charge in [0.15, 0.2) is 5.78 Å². The fraction of sp³-hybridized carbons (Fsp3) is 0.523. The maximum atomic E-state index is 14.5. The Kier molecular flexibility index (Phi) is 14.8. The third-order valence-electron chi connectivity index (χ3n) is 9.93. The van der Waals surface area contributed by atoms with Gasteiger partial charge in [0.25, 0.3) is 0 Å². The molecule has 0 aliphatic carbocycles. The number of carbonyl (C=O) groups is 3. The number of hydrogen-bond acceptors (Lipinski definition) is 6. The monoisotopic (exact) mass is 732 g/mol. The first kappa shape index (κ1) is 40.9. The molecule has 1 aliphatic heterocycles. The van der Waals surface area contributed by atoms with Crippen LogP contribution in [0.25, 0.3) is 0 Å². The summed E-state index contributed by atoms with van der Waals surface area (Å²) < 4.78 is 19.6. The minimum atomic E-state index is -1.04. The number of carbonyl (C=O) groups excluding carboxylic acids is 2. The van der Waals surface area contributed by atoms with Crippen molar-refractivity contribution in [3.05, 3.63) is 87.5 Å². The minimum Gasteiger partial charge on any atom is -0.494 e. The molecule has 282 valence electrons. The van der Waals surface area contributed by atoms with Gasteiger partial charge in [0.05, 0.1) is 24.2 Å². The Morgan fingerprint density at radius 3 is 2.12 bits per heavy atom. The number of alkyl halides is 1. The van der Waals surface area contributed by atoms with Gasteiger partial charge in [-0.1, -0.05) is 77.8 Å². The maximum Gasteiger partial charge on any atom is 0.343 e. The van der Waals surface area contributed by atoms with Gasteiger partial charge in [-0.2, -0.15) is 0 Å². The standard InChI is InChI=1S/C44H57ClO7/c1-8-23-44(24-10-25-50-33-19-15-31(16-20-33)26-37(45)42(47)48)27-38(46)39-36(22-12-29(5)6)40(51-43(49)32-17-13-30(7)14-18-32)35(21-11-28(3)4)34(9-2)41(39)52-44/h13-20,28-29,37H,8-12,21-27H2,1-7H3,(H,47,48). The van der Waals surface area contributed by atoms with E-state index < -0.39 is 22.9 Å². The molecule has 0 saturated heterocycles. The number of rotatable bonds is 19. The molecule has 0 amide bonds. The van der Waals surface area contributed by atoms with Crippen LogP contribution in [0.3, 0.4) is 0 Å². The van der Waals surface area contributed by atoms with Crippen molar-refractivity contribution in [2.45, 2.75) is 130 Å². The largest absolute Gasteiger partial charge is 0.494 e. The molecule has 0 aromatic heterocycles. The lowest BCUT2D eigenvalue weighted by Gasteiger charge is -2.41. The molecule has 0 fully saturated rings. The fourth-order valence-corrected chi connectivity index (χ4v) is 7.24. The number of aliphatic carboxylic acids is 1. The normalized spacial score (nSPS) is 16.1. The van der Waals surface area contributed by atoms with Gasteiger partial charge in [0.2, 0.25) is 0 Å². The number of ether oxygens (including phenoxy) is 3. The maximum absolute atomic E-state index is 14.5. The third-order valence-corrected chi connectivity index (χ3v) is 10.3. The van der Waals surface area contributed by atoms with Crippen LogP contribution in [0.2, 0.25) is 0 Å². The third kappa shape index (κ3) is 10.6. The molecule has 2 unspecified atom stereocenters. The lowest BCUT2D eigenvalue weighted by atomic mass is 9.78. The number of fused-ring (bicyclic) bond motifs is 1. The Balaban J connectivity index is 1.68. The highest BCUT2D eigenvalue weighted by Crippen LogP contribution is 2.48. The molecule has 3 aromatic rings. The van der Waals surface area contributed by atoms with Crippen molar-refractivity contribution in [1.29, 1.82) is 0 Å². The summed E-state index contributed by atoms with van der Waals surface area (Å²) in [5.41, 5.74) is 5.02. The zero-order valence-corrected chi connectivity index (χ0v) is 32.9. The summed E-state index contributed by atoms with van der Waals surface area (Å²) >= 11 is 5.91. The number of ketones is 1. The number of aryl methyl sites for hydroxylation is 1. The highest BCUT2D eigenvalue weighted by molar-refractivity contribution is 6.29. The molecule has 1 N–H and O–H groups in total. The van der Waals surface area contributed by atoms with E-state index in [1.165, 1.54) is 0 Å².